The maximum atomic E-state index is 3.26. The minimum absolute atomic E-state index is 1.01. The van der Waals surface area contributed by atoms with Crippen LogP contribution in [0.1, 0.15) is 0 Å². The fourth-order valence-electron chi connectivity index (χ4n) is 0.420. The molecular formula is C4H6BrN2. The smallest absolute Gasteiger partial charge is 0.0901 e. The zero-order valence-electron chi connectivity index (χ0n) is 3.98. The van der Waals surface area contributed by atoms with Crippen molar-refractivity contribution in [2.75, 3.05) is 7.05 Å². The summed E-state index contributed by atoms with van der Waals surface area (Å²) in [5.74, 6) is 0. The number of halogens is 1. The number of hydrogen-bond donors (Lipinski definition) is 1. The number of nitrogens with one attached hydrogen (secondary N) is 1. The molecule has 0 aliphatic carbocycles. The minimum atomic E-state index is 1.01. The molecule has 3 heteroatoms. The quantitative estimate of drug-likeness (QED) is 0.530. The van der Waals surface area contributed by atoms with Crippen molar-refractivity contribution in [3.05, 3.63) is 17.2 Å². The largest absolute Gasteiger partial charge is 0.312 e. The Balaban J connectivity index is 2.42. The molecule has 0 aromatic rings. The molecule has 39 valence electrons. The molecule has 0 aromatic heterocycles. The first-order chi connectivity index (χ1) is 3.29. The zero-order valence-corrected chi connectivity index (χ0v) is 5.57. The first kappa shape index (κ1) is 5.12. The summed E-state index contributed by atoms with van der Waals surface area (Å²) in [4.78, 5) is 0. The van der Waals surface area contributed by atoms with Crippen LogP contribution in [0.15, 0.2) is 10.7 Å². The van der Waals surface area contributed by atoms with Crippen LogP contribution < -0.4 is 5.43 Å². The van der Waals surface area contributed by atoms with E-state index in [1.165, 1.54) is 0 Å². The Kier molecular flexibility index (Phi) is 1.35. The van der Waals surface area contributed by atoms with Gasteiger partial charge in [-0.2, -0.15) is 0 Å². The van der Waals surface area contributed by atoms with E-state index < -0.39 is 0 Å². The van der Waals surface area contributed by atoms with Gasteiger partial charge in [0.05, 0.1) is 11.2 Å². The average molecular weight is 162 g/mol. The lowest BCUT2D eigenvalue weighted by Gasteiger charge is -2.06. The molecule has 0 spiro atoms. The van der Waals surface area contributed by atoms with E-state index in [9.17, 15) is 0 Å². The van der Waals surface area contributed by atoms with Crippen molar-refractivity contribution < 1.29 is 0 Å². The first-order valence-electron chi connectivity index (χ1n) is 1.99. The number of hydrogen-bond acceptors (Lipinski definition) is 2. The van der Waals surface area contributed by atoms with Gasteiger partial charge in [-0.25, -0.2) is 5.01 Å². The molecule has 0 amide bonds. The van der Waals surface area contributed by atoms with Gasteiger partial charge in [-0.05, 0) is 22.0 Å². The maximum Gasteiger partial charge on any atom is 0.0901 e. The van der Waals surface area contributed by atoms with Gasteiger partial charge in [-0.3, -0.25) is 0 Å². The Labute approximate surface area is 51.3 Å². The van der Waals surface area contributed by atoms with Crippen molar-refractivity contribution in [2.45, 2.75) is 0 Å². The summed E-state index contributed by atoms with van der Waals surface area (Å²) >= 11 is 3.26. The van der Waals surface area contributed by atoms with E-state index in [4.69, 9.17) is 0 Å². The van der Waals surface area contributed by atoms with E-state index in [1.807, 2.05) is 24.7 Å². The summed E-state index contributed by atoms with van der Waals surface area (Å²) in [7, 11) is 1.94. The number of nitrogens with zero attached hydrogens (tertiary/aromatic N) is 1. The monoisotopic (exact) mass is 161 g/mol. The highest BCUT2D eigenvalue weighted by Gasteiger charge is 2.03. The minimum Gasteiger partial charge on any atom is -0.312 e. The van der Waals surface area contributed by atoms with Crippen molar-refractivity contribution in [3.63, 3.8) is 0 Å². The Morgan fingerprint density at radius 3 is 2.71 bits per heavy atom. The summed E-state index contributed by atoms with van der Waals surface area (Å²) in [5, 5.41) is 1.87. The predicted molar refractivity (Wildman–Crippen MR) is 32.2 cm³/mol. The molecule has 0 atom stereocenters. The van der Waals surface area contributed by atoms with Crippen LogP contribution in [0.4, 0.5) is 0 Å². The lowest BCUT2D eigenvalue weighted by atomic mass is 10.6. The molecular weight excluding hydrogens is 156 g/mol. The van der Waals surface area contributed by atoms with Gasteiger partial charge in [0.25, 0.3) is 0 Å². The van der Waals surface area contributed by atoms with Gasteiger partial charge in [0, 0.05) is 7.05 Å². The molecule has 7 heavy (non-hydrogen) atoms. The van der Waals surface area contributed by atoms with Gasteiger partial charge in [-0.1, -0.05) is 0 Å². The normalized spacial score (nSPS) is 21.7. The van der Waals surface area contributed by atoms with Gasteiger partial charge in [0.1, 0.15) is 0 Å². The van der Waals surface area contributed by atoms with Crippen LogP contribution in [0.5, 0.6) is 0 Å². The lowest BCUT2D eigenvalue weighted by Crippen LogP contribution is -2.22. The van der Waals surface area contributed by atoms with Crippen molar-refractivity contribution >= 4 is 15.9 Å². The van der Waals surface area contributed by atoms with Crippen LogP contribution in [0.25, 0.3) is 0 Å². The summed E-state index contributed by atoms with van der Waals surface area (Å²) in [6.45, 7) is 1.93. The molecule has 1 rings (SSSR count). The van der Waals surface area contributed by atoms with Crippen LogP contribution in [0.3, 0.4) is 0 Å². The molecule has 1 N–H and O–H groups in total. The number of rotatable bonds is 0. The van der Waals surface area contributed by atoms with E-state index in [2.05, 4.69) is 21.4 Å². The van der Waals surface area contributed by atoms with Gasteiger partial charge in [-0.15, -0.1) is 0 Å². The van der Waals surface area contributed by atoms with Crippen molar-refractivity contribution in [3.8, 4) is 0 Å². The molecule has 1 aliphatic heterocycles. The van der Waals surface area contributed by atoms with Gasteiger partial charge < -0.3 is 5.43 Å². The van der Waals surface area contributed by atoms with E-state index in [0.717, 1.165) is 4.61 Å². The highest BCUT2D eigenvalue weighted by molar-refractivity contribution is 9.11. The molecule has 1 heterocycles. The average Bonchev–Trinajstić information content (AvgIpc) is 1.87. The van der Waals surface area contributed by atoms with Crippen LogP contribution in [0.2, 0.25) is 0 Å². The third-order valence-corrected chi connectivity index (χ3v) is 1.17. The molecule has 2 nitrogen and oxygen atoms in total. The summed E-state index contributed by atoms with van der Waals surface area (Å²) in [6, 6.07) is 0. The second-order valence-electron chi connectivity index (χ2n) is 1.39. The van der Waals surface area contributed by atoms with E-state index in [0.29, 0.717) is 0 Å². The Morgan fingerprint density at radius 1 is 1.86 bits per heavy atom. The molecule has 0 saturated carbocycles. The van der Waals surface area contributed by atoms with Crippen molar-refractivity contribution in [1.82, 2.24) is 10.4 Å². The molecule has 0 bridgehead atoms. The third kappa shape index (κ3) is 1.17. The highest BCUT2D eigenvalue weighted by atomic mass is 79.9. The fraction of sp³-hybridized carbons (Fsp3) is 0.250. The molecule has 0 saturated heterocycles. The Morgan fingerprint density at radius 2 is 2.57 bits per heavy atom. The molecule has 0 fully saturated rings. The molecule has 1 aliphatic rings. The van der Waals surface area contributed by atoms with Crippen molar-refractivity contribution in [2.24, 2.45) is 0 Å². The SMILES string of the molecule is CN1[CH]C=C(Br)N1. The third-order valence-electron chi connectivity index (χ3n) is 0.728. The topological polar surface area (TPSA) is 15.3 Å². The summed E-state index contributed by atoms with van der Waals surface area (Å²) in [5.41, 5.74) is 2.97. The van der Waals surface area contributed by atoms with Gasteiger partial charge in [0.2, 0.25) is 0 Å². The van der Waals surface area contributed by atoms with Crippen LogP contribution in [-0.2, 0) is 0 Å². The van der Waals surface area contributed by atoms with E-state index in [-0.39, 0.29) is 0 Å². The van der Waals surface area contributed by atoms with Crippen molar-refractivity contribution in [1.29, 1.82) is 0 Å². The molecule has 0 unspecified atom stereocenters. The number of likely N-dealkylation sites (N-methyl/N-ethyl adjacent to an activating group) is 1. The van der Waals surface area contributed by atoms with Gasteiger partial charge in [0.15, 0.2) is 0 Å². The van der Waals surface area contributed by atoms with E-state index in [1.54, 1.807) is 0 Å². The zero-order chi connectivity index (χ0) is 5.28. The predicted octanol–water partition coefficient (Wildman–Crippen LogP) is 0.834. The second kappa shape index (κ2) is 1.84. The summed E-state index contributed by atoms with van der Waals surface area (Å²) in [6.07, 6.45) is 1.94. The molecule has 0 aromatic carbocycles. The molecule has 1 radical (unpaired) electrons. The van der Waals surface area contributed by atoms with Crippen LogP contribution in [-0.4, -0.2) is 12.1 Å². The van der Waals surface area contributed by atoms with Crippen LogP contribution >= 0.6 is 15.9 Å². The van der Waals surface area contributed by atoms with Gasteiger partial charge >= 0.3 is 0 Å². The Hall–Kier alpha value is -0.0200. The lowest BCUT2D eigenvalue weighted by molar-refractivity contribution is 0.375. The Bertz CT molecular complexity index is 99.9. The summed E-state index contributed by atoms with van der Waals surface area (Å²) < 4.78 is 1.01. The second-order valence-corrected chi connectivity index (χ2v) is 2.24. The standard InChI is InChI=1S/C4H6BrN2/c1-7-3-2-4(5)6-7/h2-3,6H,1H3. The first-order valence-corrected chi connectivity index (χ1v) is 2.78. The maximum absolute atomic E-state index is 3.26. The fourth-order valence-corrected chi connectivity index (χ4v) is 0.818. The highest BCUT2D eigenvalue weighted by Crippen LogP contribution is 2.08. The van der Waals surface area contributed by atoms with E-state index >= 15 is 0 Å². The van der Waals surface area contributed by atoms with Crippen LogP contribution in [0, 0.1) is 6.54 Å². The number of hydrazine groups is 1.